The Hall–Kier alpha value is -5.32. The smallest absolute Gasteiger partial charge is 0.255 e. The van der Waals surface area contributed by atoms with Crippen LogP contribution in [0.4, 0.5) is 28.8 Å². The van der Waals surface area contributed by atoms with E-state index >= 15 is 0 Å². The standard InChI is InChI=1S/C26H23N9O2/c1-17-14-24(29-19-10-12-23(37-2)13-11-19)32-26(28-17)31-21-8-6-20(7-9-21)30-25(36)18-4-3-5-22(15-18)35-16-27-33-34-35/h3-16H,1-2H3,(H,30,36)(H2,28,29,31,32). The normalized spacial score (nSPS) is 10.5. The molecule has 2 heterocycles. The Kier molecular flexibility index (Phi) is 6.66. The third-order valence-electron chi connectivity index (χ3n) is 5.34. The SMILES string of the molecule is COc1ccc(Nc2cc(C)nc(Nc3ccc(NC(=O)c4cccc(-n5cnnn5)c4)cc3)n2)cc1. The minimum Gasteiger partial charge on any atom is -0.497 e. The molecule has 2 aromatic heterocycles. The molecule has 11 nitrogen and oxygen atoms in total. The number of hydrogen-bond acceptors (Lipinski definition) is 9. The molecule has 0 spiro atoms. The van der Waals surface area contributed by atoms with E-state index < -0.39 is 0 Å². The second kappa shape index (κ2) is 10.5. The lowest BCUT2D eigenvalue weighted by Crippen LogP contribution is -2.12. The molecule has 3 aromatic carbocycles. The van der Waals surface area contributed by atoms with Gasteiger partial charge in [-0.05, 0) is 84.1 Å². The molecule has 0 aliphatic heterocycles. The van der Waals surface area contributed by atoms with Crippen LogP contribution in [0.15, 0.2) is 85.2 Å². The fourth-order valence-corrected chi connectivity index (χ4v) is 3.55. The van der Waals surface area contributed by atoms with Crippen LogP contribution in [0.25, 0.3) is 5.69 Å². The summed E-state index contributed by atoms with van der Waals surface area (Å²) in [6, 6.07) is 23.8. The second-order valence-corrected chi connectivity index (χ2v) is 8.03. The van der Waals surface area contributed by atoms with E-state index in [9.17, 15) is 4.79 Å². The van der Waals surface area contributed by atoms with Crippen LogP contribution < -0.4 is 20.7 Å². The van der Waals surface area contributed by atoms with E-state index in [2.05, 4.69) is 41.4 Å². The average Bonchev–Trinajstić information content (AvgIpc) is 3.45. The summed E-state index contributed by atoms with van der Waals surface area (Å²) in [4.78, 5) is 21.8. The lowest BCUT2D eigenvalue weighted by atomic mass is 10.2. The summed E-state index contributed by atoms with van der Waals surface area (Å²) in [6.45, 7) is 1.90. The number of carbonyl (C=O) groups is 1. The summed E-state index contributed by atoms with van der Waals surface area (Å²) >= 11 is 0. The monoisotopic (exact) mass is 493 g/mol. The average molecular weight is 494 g/mol. The minimum atomic E-state index is -0.244. The van der Waals surface area contributed by atoms with Crippen molar-refractivity contribution in [2.24, 2.45) is 0 Å². The quantitative estimate of drug-likeness (QED) is 0.286. The maximum absolute atomic E-state index is 12.8. The van der Waals surface area contributed by atoms with E-state index in [-0.39, 0.29) is 5.91 Å². The Bertz CT molecular complexity index is 1500. The molecule has 5 rings (SSSR count). The number of amides is 1. The molecule has 0 saturated heterocycles. The first kappa shape index (κ1) is 23.4. The highest BCUT2D eigenvalue weighted by atomic mass is 16.5. The molecule has 0 aliphatic carbocycles. The van der Waals surface area contributed by atoms with E-state index in [4.69, 9.17) is 4.74 Å². The summed E-state index contributed by atoms with van der Waals surface area (Å²) in [5, 5.41) is 20.5. The Balaban J connectivity index is 1.24. The second-order valence-electron chi connectivity index (χ2n) is 8.03. The molecule has 0 atom stereocenters. The molecule has 11 heteroatoms. The molecule has 0 radical (unpaired) electrons. The van der Waals surface area contributed by atoms with Gasteiger partial charge >= 0.3 is 0 Å². The molecular formula is C26H23N9O2. The fraction of sp³-hybridized carbons (Fsp3) is 0.0769. The molecule has 0 unspecified atom stereocenters. The predicted molar refractivity (Wildman–Crippen MR) is 140 cm³/mol. The van der Waals surface area contributed by atoms with E-state index in [1.807, 2.05) is 55.5 Å². The fourth-order valence-electron chi connectivity index (χ4n) is 3.55. The summed E-state index contributed by atoms with van der Waals surface area (Å²) in [7, 11) is 1.63. The van der Waals surface area contributed by atoms with Gasteiger partial charge in [0, 0.05) is 34.4 Å². The van der Waals surface area contributed by atoms with Crippen LogP contribution in [-0.2, 0) is 0 Å². The first-order valence-electron chi connectivity index (χ1n) is 11.3. The van der Waals surface area contributed by atoms with Crippen LogP contribution in [0.1, 0.15) is 16.1 Å². The Morgan fingerprint density at radius 2 is 1.59 bits per heavy atom. The Labute approximate surface area is 212 Å². The number of nitrogens with zero attached hydrogens (tertiary/aromatic N) is 6. The van der Waals surface area contributed by atoms with Gasteiger partial charge in [-0.2, -0.15) is 4.98 Å². The number of carbonyl (C=O) groups excluding carboxylic acids is 1. The Morgan fingerprint density at radius 3 is 2.32 bits per heavy atom. The molecule has 1 amide bonds. The molecule has 5 aromatic rings. The zero-order valence-corrected chi connectivity index (χ0v) is 20.1. The molecule has 0 bridgehead atoms. The number of methoxy groups -OCH3 is 1. The minimum absolute atomic E-state index is 0.244. The van der Waals surface area contributed by atoms with E-state index in [1.54, 1.807) is 37.4 Å². The molecule has 37 heavy (non-hydrogen) atoms. The van der Waals surface area contributed by atoms with Crippen molar-refractivity contribution in [2.45, 2.75) is 6.92 Å². The van der Waals surface area contributed by atoms with E-state index in [1.165, 1.54) is 11.0 Å². The van der Waals surface area contributed by atoms with Gasteiger partial charge in [-0.3, -0.25) is 4.79 Å². The van der Waals surface area contributed by atoms with Crippen LogP contribution in [0.2, 0.25) is 0 Å². The summed E-state index contributed by atoms with van der Waals surface area (Å²) in [6.07, 6.45) is 1.47. The van der Waals surface area contributed by atoms with E-state index in [0.717, 1.165) is 22.8 Å². The number of ether oxygens (including phenoxy) is 1. The number of hydrogen-bond donors (Lipinski definition) is 3. The maximum Gasteiger partial charge on any atom is 0.255 e. The van der Waals surface area contributed by atoms with Gasteiger partial charge in [0.1, 0.15) is 17.9 Å². The topological polar surface area (TPSA) is 132 Å². The van der Waals surface area contributed by atoms with Crippen LogP contribution in [0.5, 0.6) is 5.75 Å². The number of tetrazole rings is 1. The summed E-state index contributed by atoms with van der Waals surface area (Å²) in [5.74, 6) is 1.65. The van der Waals surface area contributed by atoms with Gasteiger partial charge in [0.2, 0.25) is 5.95 Å². The highest BCUT2D eigenvalue weighted by molar-refractivity contribution is 6.04. The van der Waals surface area contributed by atoms with Crippen molar-refractivity contribution in [3.63, 3.8) is 0 Å². The van der Waals surface area contributed by atoms with Crippen molar-refractivity contribution >= 4 is 34.7 Å². The first-order valence-corrected chi connectivity index (χ1v) is 11.3. The third kappa shape index (κ3) is 5.85. The predicted octanol–water partition coefficient (Wildman–Crippen LogP) is 4.51. The van der Waals surface area contributed by atoms with Crippen LogP contribution in [0, 0.1) is 6.92 Å². The zero-order valence-electron chi connectivity index (χ0n) is 20.1. The first-order chi connectivity index (χ1) is 18.1. The summed E-state index contributed by atoms with van der Waals surface area (Å²) in [5.41, 5.74) is 4.29. The molecule has 0 aliphatic rings. The number of aryl methyl sites for hydroxylation is 1. The number of nitrogens with one attached hydrogen (secondary N) is 3. The van der Waals surface area contributed by atoms with Crippen molar-refractivity contribution in [2.75, 3.05) is 23.1 Å². The van der Waals surface area contributed by atoms with Gasteiger partial charge in [-0.15, -0.1) is 5.10 Å². The van der Waals surface area contributed by atoms with Crippen molar-refractivity contribution in [1.82, 2.24) is 30.2 Å². The summed E-state index contributed by atoms with van der Waals surface area (Å²) < 4.78 is 6.69. The molecular weight excluding hydrogens is 470 g/mol. The van der Waals surface area contributed by atoms with Crippen LogP contribution in [-0.4, -0.2) is 43.2 Å². The highest BCUT2D eigenvalue weighted by Crippen LogP contribution is 2.22. The van der Waals surface area contributed by atoms with Crippen molar-refractivity contribution in [3.8, 4) is 11.4 Å². The molecule has 0 saturated carbocycles. The van der Waals surface area contributed by atoms with Crippen molar-refractivity contribution < 1.29 is 9.53 Å². The van der Waals surface area contributed by atoms with E-state index in [0.29, 0.717) is 28.7 Å². The van der Waals surface area contributed by atoms with Gasteiger partial charge in [0.15, 0.2) is 0 Å². The van der Waals surface area contributed by atoms with Crippen LogP contribution in [0.3, 0.4) is 0 Å². The number of rotatable bonds is 8. The number of aromatic nitrogens is 6. The van der Waals surface area contributed by atoms with Gasteiger partial charge in [-0.25, -0.2) is 9.67 Å². The van der Waals surface area contributed by atoms with Gasteiger partial charge in [0.25, 0.3) is 5.91 Å². The van der Waals surface area contributed by atoms with Gasteiger partial charge in [0.05, 0.1) is 12.8 Å². The van der Waals surface area contributed by atoms with Crippen LogP contribution >= 0.6 is 0 Å². The van der Waals surface area contributed by atoms with Crippen molar-refractivity contribution in [1.29, 1.82) is 0 Å². The molecule has 0 fully saturated rings. The lowest BCUT2D eigenvalue weighted by molar-refractivity contribution is 0.102. The molecule has 184 valence electrons. The Morgan fingerprint density at radius 1 is 0.865 bits per heavy atom. The number of benzene rings is 3. The maximum atomic E-state index is 12.8. The zero-order chi connectivity index (χ0) is 25.6. The third-order valence-corrected chi connectivity index (χ3v) is 5.34. The van der Waals surface area contributed by atoms with Gasteiger partial charge < -0.3 is 20.7 Å². The van der Waals surface area contributed by atoms with Crippen molar-refractivity contribution in [3.05, 3.63) is 96.4 Å². The lowest BCUT2D eigenvalue weighted by Gasteiger charge is -2.11. The molecule has 3 N–H and O–H groups in total. The van der Waals surface area contributed by atoms with Gasteiger partial charge in [-0.1, -0.05) is 6.07 Å². The number of anilines is 5. The highest BCUT2D eigenvalue weighted by Gasteiger charge is 2.09. The largest absolute Gasteiger partial charge is 0.497 e.